The van der Waals surface area contributed by atoms with Crippen LogP contribution in [-0.2, 0) is 12.1 Å². The number of aliphatic hydroxyl groups is 1. The lowest BCUT2D eigenvalue weighted by Gasteiger charge is -2.38. The Hall–Kier alpha value is -2.50. The van der Waals surface area contributed by atoms with E-state index in [1.54, 1.807) is 0 Å². The highest BCUT2D eigenvalue weighted by Gasteiger charge is 2.34. The van der Waals surface area contributed by atoms with E-state index in [1.165, 1.54) is 5.56 Å². The molecule has 0 atom stereocenters. The van der Waals surface area contributed by atoms with Crippen molar-refractivity contribution in [3.63, 3.8) is 0 Å². The van der Waals surface area contributed by atoms with Crippen molar-refractivity contribution >= 4 is 0 Å². The molecule has 5 nitrogen and oxygen atoms in total. The Kier molecular flexibility index (Phi) is 4.57. The number of nitrogens with zero attached hydrogens (tertiary/aromatic N) is 3. The summed E-state index contributed by atoms with van der Waals surface area (Å²) in [6.07, 6.45) is 1.46. The molecule has 0 saturated carbocycles. The molecule has 0 unspecified atom stereocenters. The number of H-pyrrole nitrogens is 1. The van der Waals surface area contributed by atoms with Gasteiger partial charge in [-0.05, 0) is 25.3 Å². The quantitative estimate of drug-likeness (QED) is 0.759. The third-order valence-corrected chi connectivity index (χ3v) is 5.31. The predicted molar refractivity (Wildman–Crippen MR) is 101 cm³/mol. The number of nitrogens with one attached hydrogen (secondary N) is 1. The second kappa shape index (κ2) is 7.02. The third kappa shape index (κ3) is 3.41. The van der Waals surface area contributed by atoms with Gasteiger partial charge >= 0.3 is 0 Å². The molecule has 1 aliphatic rings. The molecule has 134 valence electrons. The summed E-state index contributed by atoms with van der Waals surface area (Å²) in [7, 11) is 0. The zero-order chi connectivity index (χ0) is 18.0. The Morgan fingerprint density at radius 2 is 1.69 bits per heavy atom. The Morgan fingerprint density at radius 1 is 1.00 bits per heavy atom. The fourth-order valence-electron chi connectivity index (χ4n) is 3.64. The molecule has 0 radical (unpaired) electrons. The van der Waals surface area contributed by atoms with Crippen molar-refractivity contribution in [2.24, 2.45) is 0 Å². The molecule has 1 aliphatic heterocycles. The van der Waals surface area contributed by atoms with Gasteiger partial charge in [-0.15, -0.1) is 0 Å². The van der Waals surface area contributed by atoms with Crippen LogP contribution in [0.25, 0.3) is 11.3 Å². The van der Waals surface area contributed by atoms with E-state index in [-0.39, 0.29) is 0 Å². The number of aromatic amines is 1. The van der Waals surface area contributed by atoms with Crippen molar-refractivity contribution in [2.75, 3.05) is 13.1 Å². The van der Waals surface area contributed by atoms with Gasteiger partial charge in [-0.25, -0.2) is 0 Å². The second-order valence-electron chi connectivity index (χ2n) is 7.16. The van der Waals surface area contributed by atoms with E-state index in [4.69, 9.17) is 0 Å². The number of benzene rings is 2. The molecular weight excluding hydrogens is 324 g/mol. The number of hydrogen-bond acceptors (Lipinski definition) is 4. The number of aryl methyl sites for hydroxylation is 1. The molecule has 1 aromatic heterocycles. The molecule has 2 heterocycles. The molecule has 2 aromatic carbocycles. The standard InChI is InChI=1S/C21H24N4O/c1-16-7-9-18(10-8-16)21(26)11-13-25(14-12-21)15-19-20(23-24-22-19)17-5-3-2-4-6-17/h2-10,26H,11-15H2,1H3,(H,22,23,24). The van der Waals surface area contributed by atoms with E-state index >= 15 is 0 Å². The maximum absolute atomic E-state index is 11.0. The lowest BCUT2D eigenvalue weighted by atomic mass is 9.84. The van der Waals surface area contributed by atoms with E-state index in [9.17, 15) is 5.11 Å². The molecule has 1 fully saturated rings. The van der Waals surface area contributed by atoms with Crippen LogP contribution in [0.2, 0.25) is 0 Å². The lowest BCUT2D eigenvalue weighted by Crippen LogP contribution is -2.42. The number of aromatic nitrogens is 3. The summed E-state index contributed by atoms with van der Waals surface area (Å²) in [5.41, 5.74) is 4.45. The Balaban J connectivity index is 1.44. The Bertz CT molecular complexity index is 849. The van der Waals surface area contributed by atoms with Gasteiger partial charge in [0.1, 0.15) is 11.4 Å². The van der Waals surface area contributed by atoms with E-state index in [1.807, 2.05) is 30.3 Å². The minimum atomic E-state index is -0.726. The van der Waals surface area contributed by atoms with Crippen LogP contribution in [-0.4, -0.2) is 38.5 Å². The van der Waals surface area contributed by atoms with Crippen molar-refractivity contribution in [1.29, 1.82) is 0 Å². The van der Waals surface area contributed by atoms with Crippen LogP contribution < -0.4 is 0 Å². The zero-order valence-corrected chi connectivity index (χ0v) is 15.0. The van der Waals surface area contributed by atoms with E-state index in [0.717, 1.165) is 55.0 Å². The van der Waals surface area contributed by atoms with Crippen LogP contribution in [0.5, 0.6) is 0 Å². The van der Waals surface area contributed by atoms with Crippen molar-refractivity contribution in [3.8, 4) is 11.3 Å². The first-order valence-electron chi connectivity index (χ1n) is 9.11. The van der Waals surface area contributed by atoms with Crippen molar-refractivity contribution in [1.82, 2.24) is 20.3 Å². The van der Waals surface area contributed by atoms with Gasteiger partial charge in [0.15, 0.2) is 0 Å². The zero-order valence-electron chi connectivity index (χ0n) is 15.0. The summed E-state index contributed by atoms with van der Waals surface area (Å²) in [4.78, 5) is 2.34. The van der Waals surface area contributed by atoms with Gasteiger partial charge in [-0.3, -0.25) is 4.90 Å². The average Bonchev–Trinajstić information content (AvgIpc) is 3.13. The number of hydrogen-bond donors (Lipinski definition) is 2. The first kappa shape index (κ1) is 16.9. The molecule has 4 rings (SSSR count). The summed E-state index contributed by atoms with van der Waals surface area (Å²) in [6.45, 7) is 4.49. The Morgan fingerprint density at radius 3 is 2.38 bits per heavy atom. The maximum atomic E-state index is 11.0. The molecule has 0 amide bonds. The first-order valence-corrected chi connectivity index (χ1v) is 9.11. The highest BCUT2D eigenvalue weighted by Crippen LogP contribution is 2.33. The summed E-state index contributed by atoms with van der Waals surface area (Å²) >= 11 is 0. The normalized spacial score (nSPS) is 17.3. The van der Waals surface area contributed by atoms with Crippen molar-refractivity contribution in [2.45, 2.75) is 31.9 Å². The SMILES string of the molecule is Cc1ccc(C2(O)CCN(Cc3n[nH]nc3-c3ccccc3)CC2)cc1. The molecule has 2 N–H and O–H groups in total. The molecular formula is C21H24N4O. The highest BCUT2D eigenvalue weighted by molar-refractivity contribution is 5.60. The largest absolute Gasteiger partial charge is 0.385 e. The molecule has 5 heteroatoms. The van der Waals surface area contributed by atoms with Gasteiger partial charge in [0.2, 0.25) is 0 Å². The second-order valence-corrected chi connectivity index (χ2v) is 7.16. The van der Waals surface area contributed by atoms with E-state index < -0.39 is 5.60 Å². The molecule has 1 saturated heterocycles. The Labute approximate surface area is 153 Å². The topological polar surface area (TPSA) is 65.0 Å². The van der Waals surface area contributed by atoms with Crippen LogP contribution in [0, 0.1) is 6.92 Å². The van der Waals surface area contributed by atoms with Crippen molar-refractivity contribution in [3.05, 3.63) is 71.4 Å². The monoisotopic (exact) mass is 348 g/mol. The van der Waals surface area contributed by atoms with Crippen LogP contribution in [0.3, 0.4) is 0 Å². The predicted octanol–water partition coefficient (Wildman–Crippen LogP) is 3.26. The van der Waals surface area contributed by atoms with Crippen LogP contribution in [0.4, 0.5) is 0 Å². The molecule has 3 aromatic rings. The molecule has 0 spiro atoms. The molecule has 0 bridgehead atoms. The van der Waals surface area contributed by atoms with Gasteiger partial charge in [-0.2, -0.15) is 15.4 Å². The first-order chi connectivity index (χ1) is 12.6. The maximum Gasteiger partial charge on any atom is 0.117 e. The van der Waals surface area contributed by atoms with E-state index in [0.29, 0.717) is 0 Å². The summed E-state index contributed by atoms with van der Waals surface area (Å²) < 4.78 is 0. The highest BCUT2D eigenvalue weighted by atomic mass is 16.3. The number of piperidine rings is 1. The molecule has 0 aliphatic carbocycles. The van der Waals surface area contributed by atoms with Gasteiger partial charge < -0.3 is 5.11 Å². The van der Waals surface area contributed by atoms with Crippen LogP contribution in [0.15, 0.2) is 54.6 Å². The lowest BCUT2D eigenvalue weighted by molar-refractivity contribution is -0.0279. The number of likely N-dealkylation sites (tertiary alicyclic amines) is 1. The summed E-state index contributed by atoms with van der Waals surface area (Å²) in [5.74, 6) is 0. The van der Waals surface area contributed by atoms with Gasteiger partial charge in [-0.1, -0.05) is 60.2 Å². The van der Waals surface area contributed by atoms with E-state index in [2.05, 4.69) is 51.5 Å². The average molecular weight is 348 g/mol. The van der Waals surface area contributed by atoms with Crippen molar-refractivity contribution < 1.29 is 5.11 Å². The third-order valence-electron chi connectivity index (χ3n) is 5.31. The smallest absolute Gasteiger partial charge is 0.117 e. The van der Waals surface area contributed by atoms with Gasteiger partial charge in [0, 0.05) is 25.2 Å². The number of rotatable bonds is 4. The van der Waals surface area contributed by atoms with Gasteiger partial charge in [0.05, 0.1) is 5.60 Å². The fraction of sp³-hybridized carbons (Fsp3) is 0.333. The molecule has 26 heavy (non-hydrogen) atoms. The minimum Gasteiger partial charge on any atom is -0.385 e. The minimum absolute atomic E-state index is 0.726. The summed E-state index contributed by atoms with van der Waals surface area (Å²) in [5, 5.41) is 22.5. The van der Waals surface area contributed by atoms with Crippen LogP contribution >= 0.6 is 0 Å². The fourth-order valence-corrected chi connectivity index (χ4v) is 3.64. The van der Waals surface area contributed by atoms with Gasteiger partial charge in [0.25, 0.3) is 0 Å². The van der Waals surface area contributed by atoms with Crippen LogP contribution in [0.1, 0.15) is 29.7 Å². The summed E-state index contributed by atoms with van der Waals surface area (Å²) in [6, 6.07) is 18.4.